The molecule has 9 nitrogen and oxygen atoms in total. The highest BCUT2D eigenvalue weighted by molar-refractivity contribution is 7.91. The lowest BCUT2D eigenvalue weighted by atomic mass is 10.1. The van der Waals surface area contributed by atoms with E-state index in [0.717, 1.165) is 79.7 Å². The van der Waals surface area contributed by atoms with Gasteiger partial charge in [0.1, 0.15) is 10.4 Å². The molecule has 1 aromatic carbocycles. The van der Waals surface area contributed by atoms with E-state index >= 15 is 0 Å². The lowest BCUT2D eigenvalue weighted by Gasteiger charge is -2.30. The predicted octanol–water partition coefficient (Wildman–Crippen LogP) is 4.79. The number of nitrogens with one attached hydrogen (secondary N) is 2. The SMILES string of the molecule is O=C1c2sc(-c3nc(Nc4ccc(N5C[C@H]6C[C@@H]5CN6)cc4C4CC4)ncc3C(F)(F)F)cc2S(=O)(=O)CCN1C1CC1. The Morgan fingerprint density at radius 2 is 1.88 bits per heavy atom. The van der Waals surface area contributed by atoms with Crippen LogP contribution in [0.5, 0.6) is 0 Å². The largest absolute Gasteiger partial charge is 0.420 e. The number of benzene rings is 1. The van der Waals surface area contributed by atoms with Crippen molar-refractivity contribution in [3.8, 4) is 10.6 Å². The van der Waals surface area contributed by atoms with Crippen molar-refractivity contribution in [3.63, 3.8) is 0 Å². The number of hydrogen-bond donors (Lipinski definition) is 2. The van der Waals surface area contributed by atoms with Gasteiger partial charge in [-0.3, -0.25) is 4.79 Å². The van der Waals surface area contributed by atoms with Crippen LogP contribution in [0, 0.1) is 0 Å². The maximum atomic E-state index is 14.2. The van der Waals surface area contributed by atoms with Crippen molar-refractivity contribution in [2.75, 3.05) is 35.6 Å². The Labute approximate surface area is 250 Å². The van der Waals surface area contributed by atoms with Crippen molar-refractivity contribution in [3.05, 3.63) is 46.5 Å². The summed E-state index contributed by atoms with van der Waals surface area (Å²) in [6, 6.07) is 8.25. The molecule has 3 aliphatic heterocycles. The van der Waals surface area contributed by atoms with E-state index in [1.807, 2.05) is 12.1 Å². The molecule has 226 valence electrons. The van der Waals surface area contributed by atoms with Gasteiger partial charge in [-0.25, -0.2) is 18.4 Å². The number of rotatable bonds is 6. The molecule has 8 rings (SSSR count). The molecule has 2 N–H and O–H groups in total. The maximum Gasteiger partial charge on any atom is 0.420 e. The van der Waals surface area contributed by atoms with Gasteiger partial charge in [0.15, 0.2) is 9.84 Å². The van der Waals surface area contributed by atoms with Crippen LogP contribution >= 0.6 is 11.3 Å². The second-order valence-corrected chi connectivity index (χ2v) is 15.3. The molecule has 5 aliphatic rings. The van der Waals surface area contributed by atoms with Crippen LogP contribution in [-0.4, -0.2) is 72.7 Å². The Kier molecular flexibility index (Phi) is 6.12. The van der Waals surface area contributed by atoms with Crippen LogP contribution < -0.4 is 15.5 Å². The van der Waals surface area contributed by atoms with Gasteiger partial charge >= 0.3 is 6.18 Å². The van der Waals surface area contributed by atoms with Crippen molar-refractivity contribution < 1.29 is 26.4 Å². The fourth-order valence-electron chi connectivity index (χ4n) is 6.58. The molecular weight excluding hydrogens is 601 g/mol. The molecule has 0 spiro atoms. The number of aromatic nitrogens is 2. The van der Waals surface area contributed by atoms with Gasteiger partial charge in [0.25, 0.3) is 5.91 Å². The fraction of sp³-hybridized carbons (Fsp3) is 0.483. The maximum absolute atomic E-state index is 14.2. The summed E-state index contributed by atoms with van der Waals surface area (Å²) in [7, 11) is -3.87. The number of sulfone groups is 1. The van der Waals surface area contributed by atoms with E-state index in [2.05, 4.69) is 31.6 Å². The molecule has 2 saturated carbocycles. The number of amides is 1. The van der Waals surface area contributed by atoms with Crippen LogP contribution in [0.4, 0.5) is 30.5 Å². The topological polar surface area (TPSA) is 108 Å². The molecule has 0 unspecified atom stereocenters. The molecule has 2 atom stereocenters. The van der Waals surface area contributed by atoms with E-state index in [4.69, 9.17) is 0 Å². The summed E-state index contributed by atoms with van der Waals surface area (Å²) in [5.41, 5.74) is 1.42. The van der Waals surface area contributed by atoms with Crippen LogP contribution in [0.1, 0.15) is 58.8 Å². The van der Waals surface area contributed by atoms with E-state index in [0.29, 0.717) is 18.0 Å². The Bertz CT molecular complexity index is 1750. The van der Waals surface area contributed by atoms with Crippen LogP contribution in [-0.2, 0) is 16.0 Å². The van der Waals surface area contributed by atoms with Crippen molar-refractivity contribution >= 4 is 44.4 Å². The summed E-state index contributed by atoms with van der Waals surface area (Å²) < 4.78 is 68.7. The normalized spacial score (nSPS) is 24.8. The van der Waals surface area contributed by atoms with Gasteiger partial charge in [-0.2, -0.15) is 13.2 Å². The minimum absolute atomic E-state index is 0.0240. The molecule has 0 radical (unpaired) electrons. The van der Waals surface area contributed by atoms with Crippen molar-refractivity contribution in [1.29, 1.82) is 0 Å². The first-order valence-electron chi connectivity index (χ1n) is 14.6. The fourth-order valence-corrected chi connectivity index (χ4v) is 9.49. The average molecular weight is 631 g/mol. The molecule has 2 bridgehead atoms. The quantitative estimate of drug-likeness (QED) is 0.401. The summed E-state index contributed by atoms with van der Waals surface area (Å²) in [4.78, 5) is 25.3. The lowest BCUT2D eigenvalue weighted by Crippen LogP contribution is -2.43. The molecule has 14 heteroatoms. The molecule has 4 fully saturated rings. The molecule has 2 aromatic heterocycles. The first-order chi connectivity index (χ1) is 20.5. The Hall–Kier alpha value is -3.23. The highest BCUT2D eigenvalue weighted by Gasteiger charge is 2.42. The van der Waals surface area contributed by atoms with E-state index in [-0.39, 0.29) is 38.9 Å². The smallest absolute Gasteiger partial charge is 0.366 e. The molecule has 5 heterocycles. The van der Waals surface area contributed by atoms with Crippen LogP contribution in [0.25, 0.3) is 10.6 Å². The van der Waals surface area contributed by atoms with E-state index in [1.54, 1.807) is 0 Å². The van der Waals surface area contributed by atoms with Crippen LogP contribution in [0.3, 0.4) is 0 Å². The number of hydrogen-bond acceptors (Lipinski definition) is 9. The van der Waals surface area contributed by atoms with Crippen molar-refractivity contribution in [1.82, 2.24) is 20.2 Å². The highest BCUT2D eigenvalue weighted by atomic mass is 32.2. The number of nitrogens with zero attached hydrogens (tertiary/aromatic N) is 4. The van der Waals surface area contributed by atoms with Crippen LogP contribution in [0.15, 0.2) is 35.4 Å². The zero-order valence-electron chi connectivity index (χ0n) is 23.0. The number of fused-ring (bicyclic) bond motifs is 3. The van der Waals surface area contributed by atoms with Gasteiger partial charge in [-0.1, -0.05) is 0 Å². The third-order valence-electron chi connectivity index (χ3n) is 9.09. The summed E-state index contributed by atoms with van der Waals surface area (Å²) in [5.74, 6) is -0.393. The van der Waals surface area contributed by atoms with Crippen molar-refractivity contribution in [2.24, 2.45) is 0 Å². The minimum atomic E-state index is -4.79. The van der Waals surface area contributed by atoms with Gasteiger partial charge in [-0.05, 0) is 67.9 Å². The summed E-state index contributed by atoms with van der Waals surface area (Å²) in [5, 5.41) is 6.67. The first-order valence-corrected chi connectivity index (χ1v) is 17.1. The first kappa shape index (κ1) is 27.3. The van der Waals surface area contributed by atoms with E-state index in [9.17, 15) is 26.4 Å². The number of carbonyl (C=O) groups excluding carboxylic acids is 1. The van der Waals surface area contributed by atoms with Gasteiger partial charge in [0.2, 0.25) is 5.95 Å². The molecule has 1 amide bonds. The number of anilines is 3. The molecule has 2 aliphatic carbocycles. The van der Waals surface area contributed by atoms with Gasteiger partial charge in [0, 0.05) is 55.3 Å². The predicted molar refractivity (Wildman–Crippen MR) is 156 cm³/mol. The third kappa shape index (κ3) is 4.87. The van der Waals surface area contributed by atoms with Gasteiger partial charge in [-0.15, -0.1) is 11.3 Å². The molecule has 43 heavy (non-hydrogen) atoms. The number of halogens is 3. The number of alkyl halides is 3. The second kappa shape index (κ2) is 9.63. The lowest BCUT2D eigenvalue weighted by molar-refractivity contribution is -0.137. The highest BCUT2D eigenvalue weighted by Crippen LogP contribution is 2.47. The standard InChI is InChI=1S/C29H29F3N6O3S2/c30-29(31,32)21-13-34-28(35-22-6-5-18(10-20(22)15-1-2-15)38-14-16-9-19(38)12-33-16)36-25(21)23-11-24-26(42-23)27(39)37(17-3-4-17)7-8-43(24,40)41/h5-6,10-11,13,15-17,19,33H,1-4,7-9,12,14H2,(H,34,35,36)/t16-,19-/m1/s1. The zero-order chi connectivity index (χ0) is 29.7. The monoisotopic (exact) mass is 630 g/mol. The Balaban J connectivity index is 1.16. The van der Waals surface area contributed by atoms with Gasteiger partial charge < -0.3 is 20.4 Å². The molecular formula is C29H29F3N6O3S2. The van der Waals surface area contributed by atoms with E-state index in [1.165, 1.54) is 11.0 Å². The summed E-state index contributed by atoms with van der Waals surface area (Å²) in [6.45, 7) is 1.99. The average Bonchev–Trinajstić information content (AvgIpc) is 3.87. The van der Waals surface area contributed by atoms with Gasteiger partial charge in [0.05, 0.1) is 21.2 Å². The number of thiophene rings is 1. The minimum Gasteiger partial charge on any atom is -0.366 e. The Morgan fingerprint density at radius 3 is 2.56 bits per heavy atom. The third-order valence-corrected chi connectivity index (χ3v) is 12.1. The molecule has 3 aromatic rings. The van der Waals surface area contributed by atoms with Crippen LogP contribution in [0.2, 0.25) is 0 Å². The second-order valence-electron chi connectivity index (χ2n) is 12.1. The van der Waals surface area contributed by atoms with E-state index < -0.39 is 33.2 Å². The number of carbonyl (C=O) groups is 1. The number of piperazine rings is 1. The Morgan fingerprint density at radius 1 is 1.07 bits per heavy atom. The summed E-state index contributed by atoms with van der Waals surface area (Å²) >= 11 is 0.747. The zero-order valence-corrected chi connectivity index (χ0v) is 24.7. The molecule has 2 saturated heterocycles. The summed E-state index contributed by atoms with van der Waals surface area (Å²) in [6.07, 6.45) is 0.707. The van der Waals surface area contributed by atoms with Crippen molar-refractivity contribution in [2.45, 2.75) is 67.2 Å².